The largest absolute Gasteiger partial charge is 0.460 e. The number of carbonyl (C=O) groups excluding carboxylic acids is 1. The van der Waals surface area contributed by atoms with Crippen LogP contribution in [-0.2, 0) is 10.2 Å². The Bertz CT molecular complexity index is 1180. The summed E-state index contributed by atoms with van der Waals surface area (Å²) in [5.41, 5.74) is 2.24. The van der Waals surface area contributed by atoms with Gasteiger partial charge in [0, 0.05) is 40.8 Å². The van der Waals surface area contributed by atoms with Crippen LogP contribution in [0.15, 0.2) is 59.7 Å². The molecule has 8 nitrogen and oxygen atoms in total. The molecule has 1 saturated heterocycles. The smallest absolute Gasteiger partial charge is 0.302 e. The third kappa shape index (κ3) is 5.21. The summed E-state index contributed by atoms with van der Waals surface area (Å²) in [5.74, 6) is -0.377. The maximum Gasteiger partial charge on any atom is 0.460 e. The van der Waals surface area contributed by atoms with Crippen molar-refractivity contribution < 1.29 is 17.2 Å². The molecule has 2 aromatic rings. The van der Waals surface area contributed by atoms with Crippen LogP contribution >= 0.6 is 11.6 Å². The molecule has 2 aliphatic rings. The highest BCUT2D eigenvalue weighted by Gasteiger charge is 2.60. The first-order chi connectivity index (χ1) is 17.3. The molecule has 2 aromatic carbocycles. The number of halogens is 1. The lowest BCUT2D eigenvalue weighted by molar-refractivity contribution is -0.725. The van der Waals surface area contributed by atoms with Gasteiger partial charge in [0.2, 0.25) is 0 Å². The Morgan fingerprint density at radius 2 is 1.72 bits per heavy atom. The van der Waals surface area contributed by atoms with Crippen LogP contribution in [-0.4, -0.2) is 79.2 Å². The number of carbonyl (C=O) groups is 1. The van der Waals surface area contributed by atoms with E-state index >= 15 is 0 Å². The molecular weight excluding hydrogens is 498 g/mol. The first-order valence-corrected chi connectivity index (χ1v) is 14.4. The number of quaternary nitrogens is 1. The van der Waals surface area contributed by atoms with Crippen LogP contribution in [0.5, 0.6) is 0 Å². The standard InChI is InChI=1S/C26H34ClN5O3S/c1-3-30(4-2)19-16-28-26(33)32(36(34,35)31-17-8-9-18-31)20-24(21-10-6-5-7-11-21)25(29-32)22-12-14-23(27)15-13-22/h5-7,10-15,24H,3-4,8-9,16-20H2,1-2H3/p+1. The van der Waals surface area contributed by atoms with Crippen LogP contribution in [0, 0.1) is 0 Å². The zero-order valence-corrected chi connectivity index (χ0v) is 22.5. The van der Waals surface area contributed by atoms with Gasteiger partial charge in [-0.2, -0.15) is 12.7 Å². The predicted molar refractivity (Wildman–Crippen MR) is 143 cm³/mol. The molecule has 2 amide bonds. The Kier molecular flexibility index (Phi) is 8.47. The van der Waals surface area contributed by atoms with E-state index in [9.17, 15) is 13.2 Å². The molecule has 10 heteroatoms. The van der Waals surface area contributed by atoms with Gasteiger partial charge in [0.15, 0.2) is 0 Å². The summed E-state index contributed by atoms with van der Waals surface area (Å²) in [5, 5.41) is 8.27. The maximum absolute atomic E-state index is 14.1. The zero-order valence-electron chi connectivity index (χ0n) is 20.9. The highest BCUT2D eigenvalue weighted by atomic mass is 35.5. The maximum atomic E-state index is 14.1. The van der Waals surface area contributed by atoms with Gasteiger partial charge >= 0.3 is 16.2 Å². The molecule has 0 spiro atoms. The molecule has 36 heavy (non-hydrogen) atoms. The number of hydrogen-bond donors (Lipinski definition) is 1. The molecule has 0 bridgehead atoms. The second kappa shape index (κ2) is 11.4. The predicted octanol–water partition coefficient (Wildman–Crippen LogP) is 4.05. The highest BCUT2D eigenvalue weighted by Crippen LogP contribution is 2.38. The van der Waals surface area contributed by atoms with Gasteiger partial charge in [-0.05, 0) is 43.6 Å². The van der Waals surface area contributed by atoms with E-state index in [0.717, 1.165) is 37.1 Å². The van der Waals surface area contributed by atoms with Crippen LogP contribution in [0.25, 0.3) is 0 Å². The van der Waals surface area contributed by atoms with E-state index in [0.29, 0.717) is 36.9 Å². The quantitative estimate of drug-likeness (QED) is 0.494. The number of rotatable bonds is 9. The minimum Gasteiger partial charge on any atom is -0.302 e. The number of nitrogens with one attached hydrogen (secondary N) is 1. The molecule has 2 heterocycles. The monoisotopic (exact) mass is 532 g/mol. The molecule has 1 fully saturated rings. The van der Waals surface area contributed by atoms with Crippen LogP contribution in [0.2, 0.25) is 5.02 Å². The van der Waals surface area contributed by atoms with Crippen molar-refractivity contribution in [3.63, 3.8) is 0 Å². The van der Waals surface area contributed by atoms with Gasteiger partial charge in [-0.25, -0.2) is 4.79 Å². The number of amides is 2. The summed E-state index contributed by atoms with van der Waals surface area (Å²) in [6.07, 6.45) is 1.55. The third-order valence-electron chi connectivity index (χ3n) is 7.06. The minimum absolute atomic E-state index is 0.00207. The zero-order chi connectivity index (χ0) is 25.8. The van der Waals surface area contributed by atoms with Crippen molar-refractivity contribution in [1.82, 2.24) is 14.5 Å². The molecule has 0 saturated carbocycles. The Morgan fingerprint density at radius 3 is 2.33 bits per heavy atom. The topological polar surface area (TPSA) is 82.1 Å². The molecule has 1 N–H and O–H groups in total. The van der Waals surface area contributed by atoms with E-state index in [1.54, 1.807) is 12.1 Å². The number of likely N-dealkylation sites (N-methyl/N-ethyl adjacent to an activating group) is 1. The lowest BCUT2D eigenvalue weighted by Crippen LogP contribution is -2.61. The molecule has 2 aliphatic heterocycles. The summed E-state index contributed by atoms with van der Waals surface area (Å²) < 4.78 is 28.6. The Hall–Kier alpha value is -2.30. The molecule has 0 aliphatic carbocycles. The van der Waals surface area contributed by atoms with E-state index in [4.69, 9.17) is 16.7 Å². The van der Waals surface area contributed by atoms with Crippen LogP contribution in [0.3, 0.4) is 0 Å². The van der Waals surface area contributed by atoms with Gasteiger partial charge in [0.25, 0.3) is 0 Å². The van der Waals surface area contributed by atoms with Crippen molar-refractivity contribution >= 4 is 33.6 Å². The van der Waals surface area contributed by atoms with Crippen molar-refractivity contribution in [2.45, 2.75) is 32.6 Å². The van der Waals surface area contributed by atoms with Gasteiger partial charge < -0.3 is 10.2 Å². The van der Waals surface area contributed by atoms with Gasteiger partial charge in [0.05, 0.1) is 5.92 Å². The summed E-state index contributed by atoms with van der Waals surface area (Å²) in [4.78, 5) is 16.0. The molecule has 0 aromatic heterocycles. The Labute approximate surface area is 219 Å². The van der Waals surface area contributed by atoms with E-state index in [1.165, 1.54) is 4.31 Å². The third-order valence-corrected chi connectivity index (χ3v) is 9.49. The van der Waals surface area contributed by atoms with Crippen LogP contribution in [0.1, 0.15) is 43.7 Å². The van der Waals surface area contributed by atoms with Crippen molar-refractivity contribution in [1.29, 1.82) is 0 Å². The van der Waals surface area contributed by atoms with Gasteiger partial charge in [0.1, 0.15) is 12.3 Å². The summed E-state index contributed by atoms with van der Waals surface area (Å²) in [7, 11) is -4.12. The Morgan fingerprint density at radius 1 is 1.08 bits per heavy atom. The average Bonchev–Trinajstić information content (AvgIpc) is 3.58. The van der Waals surface area contributed by atoms with Crippen molar-refractivity contribution in [3.05, 3.63) is 70.7 Å². The average molecular weight is 533 g/mol. The fraction of sp³-hybridized carbons (Fsp3) is 0.462. The van der Waals surface area contributed by atoms with Crippen molar-refractivity contribution in [3.8, 4) is 0 Å². The molecule has 194 valence electrons. The fourth-order valence-corrected chi connectivity index (χ4v) is 6.95. The van der Waals surface area contributed by atoms with E-state index < -0.39 is 20.2 Å². The van der Waals surface area contributed by atoms with Crippen molar-refractivity contribution in [2.24, 2.45) is 5.10 Å². The SMILES string of the molecule is CCN(CC)CCNC(=O)[N+]1(S(=O)(=O)N2CCCC2)CC(c2ccccc2)C(c2ccc(Cl)cc2)=N1. The van der Waals surface area contributed by atoms with Gasteiger partial charge in [-0.15, -0.1) is 0 Å². The molecule has 2 unspecified atom stereocenters. The molecule has 4 rings (SSSR count). The fourth-order valence-electron chi connectivity index (χ4n) is 4.92. The second-order valence-electron chi connectivity index (χ2n) is 9.18. The molecular formula is C26H35ClN5O3S+. The number of hydrogen-bond acceptors (Lipinski definition) is 5. The van der Waals surface area contributed by atoms with E-state index in [2.05, 4.69) is 24.1 Å². The molecule has 0 radical (unpaired) electrons. The highest BCUT2D eigenvalue weighted by molar-refractivity contribution is 7.83. The summed E-state index contributed by atoms with van der Waals surface area (Å²) >= 11 is 6.13. The number of nitrogens with zero attached hydrogens (tertiary/aromatic N) is 4. The van der Waals surface area contributed by atoms with Crippen LogP contribution in [0.4, 0.5) is 4.79 Å². The second-order valence-corrected chi connectivity index (χ2v) is 11.6. The first kappa shape index (κ1) is 26.8. The lowest BCUT2D eigenvalue weighted by atomic mass is 9.91. The lowest BCUT2D eigenvalue weighted by Gasteiger charge is -2.29. The number of benzene rings is 2. The van der Waals surface area contributed by atoms with Crippen LogP contribution < -0.4 is 5.32 Å². The summed E-state index contributed by atoms with van der Waals surface area (Å²) in [6.45, 7) is 7.61. The minimum atomic E-state index is -4.12. The van der Waals surface area contributed by atoms with E-state index in [1.807, 2.05) is 42.5 Å². The Balaban J connectivity index is 1.79. The normalized spacial score (nSPS) is 22.7. The van der Waals surface area contributed by atoms with Gasteiger partial charge in [-0.3, -0.25) is 0 Å². The first-order valence-electron chi connectivity index (χ1n) is 12.6. The van der Waals surface area contributed by atoms with Gasteiger partial charge in [-0.1, -0.05) is 73.0 Å². The van der Waals surface area contributed by atoms with Crippen molar-refractivity contribution in [2.75, 3.05) is 45.8 Å². The molecule has 2 atom stereocenters. The van der Waals surface area contributed by atoms with E-state index in [-0.39, 0.29) is 12.5 Å². The number of urea groups is 1. The summed E-state index contributed by atoms with van der Waals surface area (Å²) in [6, 6.07) is 16.2.